The molecule has 1 aromatic rings. The second kappa shape index (κ2) is 5.07. The Morgan fingerprint density at radius 2 is 2.41 bits per heavy atom. The molecule has 0 amide bonds. The van der Waals surface area contributed by atoms with E-state index in [1.165, 1.54) is 29.7 Å². The fourth-order valence-corrected chi connectivity index (χ4v) is 2.63. The molecule has 0 aromatic heterocycles. The molecule has 0 aliphatic carbocycles. The molecule has 0 bridgehead atoms. The maximum absolute atomic E-state index is 5.37. The molecule has 2 N–H and O–H groups in total. The summed E-state index contributed by atoms with van der Waals surface area (Å²) in [6.07, 6.45) is 2.38. The zero-order valence-corrected chi connectivity index (χ0v) is 10.2. The molecule has 3 heteroatoms. The molecule has 3 rings (SSSR count). The minimum absolute atomic E-state index is 0.714. The van der Waals surface area contributed by atoms with Crippen LogP contribution in [0.5, 0.6) is 0 Å². The van der Waals surface area contributed by atoms with Gasteiger partial charge in [-0.15, -0.1) is 0 Å². The third-order valence-electron chi connectivity index (χ3n) is 3.67. The maximum atomic E-state index is 5.37. The molecule has 0 spiro atoms. The van der Waals surface area contributed by atoms with Crippen molar-refractivity contribution in [2.24, 2.45) is 5.92 Å². The van der Waals surface area contributed by atoms with Crippen molar-refractivity contribution in [1.29, 1.82) is 0 Å². The normalized spacial score (nSPS) is 22.5. The predicted octanol–water partition coefficient (Wildman–Crippen LogP) is 1.78. The smallest absolute Gasteiger partial charge is 0.0507 e. The van der Waals surface area contributed by atoms with Gasteiger partial charge in [0, 0.05) is 31.9 Å². The lowest BCUT2D eigenvalue weighted by Crippen LogP contribution is -2.22. The molecule has 2 heterocycles. The minimum Gasteiger partial charge on any atom is -0.384 e. The number of hydrogen-bond acceptors (Lipinski definition) is 3. The van der Waals surface area contributed by atoms with Gasteiger partial charge in [0.25, 0.3) is 0 Å². The number of nitrogens with one attached hydrogen (secondary N) is 2. The Hall–Kier alpha value is -1.06. The molecule has 17 heavy (non-hydrogen) atoms. The number of anilines is 1. The van der Waals surface area contributed by atoms with Crippen LogP contribution in [-0.2, 0) is 17.7 Å². The van der Waals surface area contributed by atoms with Crippen LogP contribution in [-0.4, -0.2) is 26.3 Å². The molecule has 2 aliphatic rings. The lowest BCUT2D eigenvalue weighted by Gasteiger charge is -2.10. The van der Waals surface area contributed by atoms with Gasteiger partial charge in [0.1, 0.15) is 0 Å². The van der Waals surface area contributed by atoms with E-state index in [2.05, 4.69) is 28.8 Å². The third-order valence-corrected chi connectivity index (χ3v) is 3.67. The van der Waals surface area contributed by atoms with Gasteiger partial charge in [0.15, 0.2) is 0 Å². The maximum Gasteiger partial charge on any atom is 0.0507 e. The second-order valence-corrected chi connectivity index (χ2v) is 5.03. The molecule has 1 unspecified atom stereocenters. The summed E-state index contributed by atoms with van der Waals surface area (Å²) in [5.74, 6) is 0.714. The molecular formula is C14H20N2O. The summed E-state index contributed by atoms with van der Waals surface area (Å²) in [5.41, 5.74) is 4.18. The van der Waals surface area contributed by atoms with Crippen molar-refractivity contribution in [3.8, 4) is 0 Å². The molecular weight excluding hydrogens is 212 g/mol. The summed E-state index contributed by atoms with van der Waals surface area (Å²) in [6.45, 7) is 5.02. The summed E-state index contributed by atoms with van der Waals surface area (Å²) < 4.78 is 5.37. The minimum atomic E-state index is 0.714. The molecule has 2 aliphatic heterocycles. The van der Waals surface area contributed by atoms with Crippen molar-refractivity contribution in [1.82, 2.24) is 5.32 Å². The van der Waals surface area contributed by atoms with E-state index in [1.807, 2.05) is 0 Å². The van der Waals surface area contributed by atoms with Crippen LogP contribution in [0.2, 0.25) is 0 Å². The fraction of sp³-hybridized carbons (Fsp3) is 0.571. The summed E-state index contributed by atoms with van der Waals surface area (Å²) >= 11 is 0. The molecule has 1 aromatic carbocycles. The van der Waals surface area contributed by atoms with E-state index in [1.54, 1.807) is 0 Å². The van der Waals surface area contributed by atoms with Gasteiger partial charge in [-0.2, -0.15) is 0 Å². The van der Waals surface area contributed by atoms with Gasteiger partial charge in [0.05, 0.1) is 6.61 Å². The van der Waals surface area contributed by atoms with Crippen molar-refractivity contribution in [3.05, 3.63) is 29.3 Å². The third kappa shape index (κ3) is 2.61. The average Bonchev–Trinajstić information content (AvgIpc) is 2.98. The Morgan fingerprint density at radius 1 is 1.41 bits per heavy atom. The number of benzene rings is 1. The number of rotatable bonds is 4. The van der Waals surface area contributed by atoms with Crippen LogP contribution >= 0.6 is 0 Å². The highest BCUT2D eigenvalue weighted by molar-refractivity contribution is 5.56. The molecule has 3 nitrogen and oxygen atoms in total. The summed E-state index contributed by atoms with van der Waals surface area (Å²) in [6, 6.07) is 6.75. The molecule has 1 fully saturated rings. The van der Waals surface area contributed by atoms with Gasteiger partial charge in [-0.25, -0.2) is 0 Å². The zero-order chi connectivity index (χ0) is 11.5. The van der Waals surface area contributed by atoms with E-state index in [4.69, 9.17) is 4.74 Å². The number of fused-ring (bicyclic) bond motifs is 1. The topological polar surface area (TPSA) is 33.3 Å². The van der Waals surface area contributed by atoms with Gasteiger partial charge in [0.2, 0.25) is 0 Å². The SMILES string of the molecule is c1cc2c(cc1CNCC1CCOC1)CCN2. The summed E-state index contributed by atoms with van der Waals surface area (Å²) in [7, 11) is 0. The Balaban J connectivity index is 1.51. The second-order valence-electron chi connectivity index (χ2n) is 5.03. The van der Waals surface area contributed by atoms with E-state index >= 15 is 0 Å². The molecule has 0 saturated carbocycles. The molecule has 1 saturated heterocycles. The van der Waals surface area contributed by atoms with Crippen molar-refractivity contribution >= 4 is 5.69 Å². The van der Waals surface area contributed by atoms with Crippen LogP contribution in [0.1, 0.15) is 17.5 Å². The molecule has 1 atom stereocenters. The lowest BCUT2D eigenvalue weighted by atomic mass is 10.1. The van der Waals surface area contributed by atoms with Gasteiger partial charge in [-0.1, -0.05) is 12.1 Å². The summed E-state index contributed by atoms with van der Waals surface area (Å²) in [4.78, 5) is 0. The van der Waals surface area contributed by atoms with Crippen molar-refractivity contribution in [2.75, 3.05) is 31.6 Å². The highest BCUT2D eigenvalue weighted by atomic mass is 16.5. The van der Waals surface area contributed by atoms with E-state index in [9.17, 15) is 0 Å². The average molecular weight is 232 g/mol. The Morgan fingerprint density at radius 3 is 3.29 bits per heavy atom. The van der Waals surface area contributed by atoms with Crippen LogP contribution in [0.15, 0.2) is 18.2 Å². The zero-order valence-electron chi connectivity index (χ0n) is 10.2. The van der Waals surface area contributed by atoms with Crippen LogP contribution in [0.25, 0.3) is 0 Å². The van der Waals surface area contributed by atoms with Crippen molar-refractivity contribution in [2.45, 2.75) is 19.4 Å². The van der Waals surface area contributed by atoms with E-state index < -0.39 is 0 Å². The van der Waals surface area contributed by atoms with Crippen LogP contribution in [0, 0.1) is 5.92 Å². The Labute approximate surface area is 103 Å². The molecule has 0 radical (unpaired) electrons. The van der Waals surface area contributed by atoms with Gasteiger partial charge in [-0.3, -0.25) is 0 Å². The van der Waals surface area contributed by atoms with E-state index in [0.717, 1.165) is 32.8 Å². The first-order valence-electron chi connectivity index (χ1n) is 6.56. The first kappa shape index (κ1) is 11.1. The largest absolute Gasteiger partial charge is 0.384 e. The van der Waals surface area contributed by atoms with Gasteiger partial charge in [-0.05, 0) is 36.0 Å². The number of hydrogen-bond donors (Lipinski definition) is 2. The van der Waals surface area contributed by atoms with E-state index in [0.29, 0.717) is 5.92 Å². The number of ether oxygens (including phenoxy) is 1. The summed E-state index contributed by atoms with van der Waals surface area (Å²) in [5, 5.41) is 6.93. The first-order valence-corrected chi connectivity index (χ1v) is 6.56. The van der Waals surface area contributed by atoms with Crippen molar-refractivity contribution < 1.29 is 4.74 Å². The highest BCUT2D eigenvalue weighted by Gasteiger charge is 2.15. The first-order chi connectivity index (χ1) is 8.42. The van der Waals surface area contributed by atoms with Crippen LogP contribution < -0.4 is 10.6 Å². The lowest BCUT2D eigenvalue weighted by molar-refractivity contribution is 0.185. The molecule has 92 valence electrons. The highest BCUT2D eigenvalue weighted by Crippen LogP contribution is 2.22. The van der Waals surface area contributed by atoms with Gasteiger partial charge >= 0.3 is 0 Å². The quantitative estimate of drug-likeness (QED) is 0.830. The van der Waals surface area contributed by atoms with Crippen LogP contribution in [0.3, 0.4) is 0 Å². The van der Waals surface area contributed by atoms with Crippen molar-refractivity contribution in [3.63, 3.8) is 0 Å². The standard InChI is InChI=1S/C14H20N2O/c1-2-14-13(3-5-16-14)7-11(1)8-15-9-12-4-6-17-10-12/h1-2,7,12,15-16H,3-6,8-10H2. The van der Waals surface area contributed by atoms with Gasteiger partial charge < -0.3 is 15.4 Å². The van der Waals surface area contributed by atoms with E-state index in [-0.39, 0.29) is 0 Å². The Bertz CT molecular complexity index is 386. The Kier molecular flexibility index (Phi) is 3.29. The fourth-order valence-electron chi connectivity index (χ4n) is 2.63. The van der Waals surface area contributed by atoms with Crippen LogP contribution in [0.4, 0.5) is 5.69 Å². The monoisotopic (exact) mass is 232 g/mol. The predicted molar refractivity (Wildman–Crippen MR) is 69.3 cm³/mol.